The molecule has 3 aliphatic rings. The Morgan fingerprint density at radius 2 is 1.40 bits per heavy atom. The number of alkyl halides is 1. The van der Waals surface area contributed by atoms with Gasteiger partial charge in [-0.3, -0.25) is 0 Å². The zero-order valence-corrected chi connectivity index (χ0v) is 24.9. The minimum absolute atomic E-state index is 0.0411. The van der Waals surface area contributed by atoms with Gasteiger partial charge >= 0.3 is 244 Å². The van der Waals surface area contributed by atoms with Gasteiger partial charge in [0.15, 0.2) is 0 Å². The first-order valence-corrected chi connectivity index (χ1v) is 15.2. The van der Waals surface area contributed by atoms with Crippen molar-refractivity contribution in [3.8, 4) is 0 Å². The predicted molar refractivity (Wildman–Crippen MR) is 140 cm³/mol. The van der Waals surface area contributed by atoms with Crippen molar-refractivity contribution < 1.29 is 52.7 Å². The van der Waals surface area contributed by atoms with E-state index in [0.29, 0.717) is 0 Å². The number of hydrogen-bond donors (Lipinski definition) is 1. The molecule has 0 amide bonds. The standard InChI is InChI=1S/C27H33ClO11Se/c1-12(29)34-11-19-24(36-14(3)31)26(37-15(4)32)23(35-13(2)30)18(38-19)10-17-21(33)25-20(28)27(22(17)39-25)40-16-8-6-5-7-9-16/h5-9,17-27,33H,10-11H2,1-4H3/t17-,18+,19+,20+,21+,22+,23+,24+,25+,26+,27-/m0/s1. The van der Waals surface area contributed by atoms with E-state index < -0.39 is 78.6 Å². The number of esters is 4. The number of halogens is 1. The van der Waals surface area contributed by atoms with Crippen LogP contribution >= 0.6 is 11.6 Å². The summed E-state index contributed by atoms with van der Waals surface area (Å²) in [5.41, 5.74) is 0. The Bertz CT molecular complexity index is 1090. The third-order valence-corrected chi connectivity index (χ3v) is 10.8. The summed E-state index contributed by atoms with van der Waals surface area (Å²) in [6, 6.07) is 9.91. The zero-order valence-electron chi connectivity index (χ0n) is 22.5. The fourth-order valence-electron chi connectivity index (χ4n) is 5.59. The third-order valence-electron chi connectivity index (χ3n) is 7.07. The molecule has 0 aliphatic carbocycles. The Morgan fingerprint density at radius 1 is 0.825 bits per heavy atom. The van der Waals surface area contributed by atoms with Crippen molar-refractivity contribution in [1.82, 2.24) is 0 Å². The van der Waals surface area contributed by atoms with Crippen LogP contribution in [-0.2, 0) is 47.6 Å². The number of benzene rings is 1. The van der Waals surface area contributed by atoms with Crippen LogP contribution in [0.3, 0.4) is 0 Å². The van der Waals surface area contributed by atoms with Crippen molar-refractivity contribution in [3.05, 3.63) is 30.3 Å². The molecule has 0 aromatic heterocycles. The molecule has 3 heterocycles. The molecule has 1 aromatic carbocycles. The van der Waals surface area contributed by atoms with E-state index in [1.165, 1.54) is 27.7 Å². The maximum absolute atomic E-state index is 12.2. The van der Waals surface area contributed by atoms with Crippen molar-refractivity contribution >= 4 is 54.9 Å². The number of carbonyl (C=O) groups excluding carboxylic acids is 4. The van der Waals surface area contributed by atoms with Crippen LogP contribution in [0.5, 0.6) is 0 Å². The molecule has 1 N–H and O–H groups in total. The average molecular weight is 648 g/mol. The molecule has 3 saturated heterocycles. The molecule has 0 saturated carbocycles. The number of aliphatic hydroxyl groups excluding tert-OH is 1. The minimum atomic E-state index is -1.26. The van der Waals surface area contributed by atoms with Gasteiger partial charge in [0.2, 0.25) is 0 Å². The van der Waals surface area contributed by atoms with Gasteiger partial charge in [0.1, 0.15) is 0 Å². The van der Waals surface area contributed by atoms with E-state index in [2.05, 4.69) is 0 Å². The molecule has 40 heavy (non-hydrogen) atoms. The SMILES string of the molecule is CC(=O)OC[C@H]1O[C@H](C[C@H]2[C@@H](O)[C@@H]3O[C@H]2[C@@H]([Se]c2ccccc2)[C@@H]3Cl)[C@@H](OC(C)=O)[C@@H](OC(C)=O)[C@@H]1OC(C)=O. The van der Waals surface area contributed by atoms with E-state index >= 15 is 0 Å². The summed E-state index contributed by atoms with van der Waals surface area (Å²) < 4.78 is 35.3. The van der Waals surface area contributed by atoms with Crippen LogP contribution in [0.1, 0.15) is 34.1 Å². The second kappa shape index (κ2) is 13.2. The topological polar surface area (TPSA) is 144 Å². The average Bonchev–Trinajstić information content (AvgIpc) is 3.36. The molecule has 4 rings (SSSR count). The monoisotopic (exact) mass is 648 g/mol. The van der Waals surface area contributed by atoms with Gasteiger partial charge in [0.25, 0.3) is 0 Å². The first kappa shape index (κ1) is 30.7. The molecule has 0 radical (unpaired) electrons. The number of ether oxygens (including phenoxy) is 6. The summed E-state index contributed by atoms with van der Waals surface area (Å²) in [6.07, 6.45) is -7.40. The van der Waals surface area contributed by atoms with Gasteiger partial charge in [-0.1, -0.05) is 0 Å². The summed E-state index contributed by atoms with van der Waals surface area (Å²) in [6.45, 7) is 4.44. The van der Waals surface area contributed by atoms with Crippen LogP contribution in [0.4, 0.5) is 0 Å². The van der Waals surface area contributed by atoms with E-state index in [4.69, 9.17) is 40.0 Å². The summed E-state index contributed by atoms with van der Waals surface area (Å²) in [7, 11) is 0. The van der Waals surface area contributed by atoms with Gasteiger partial charge in [0.05, 0.1) is 0 Å². The molecular weight excluding hydrogens is 615 g/mol. The zero-order chi connectivity index (χ0) is 29.1. The summed E-state index contributed by atoms with van der Waals surface area (Å²) in [5, 5.41) is 10.8. The fraction of sp³-hybridized carbons (Fsp3) is 0.630. The van der Waals surface area contributed by atoms with Crippen LogP contribution in [0, 0.1) is 5.92 Å². The Balaban J connectivity index is 1.63. The van der Waals surface area contributed by atoms with E-state index in [-0.39, 0.29) is 38.2 Å². The van der Waals surface area contributed by atoms with Gasteiger partial charge in [-0.05, 0) is 0 Å². The number of fused-ring (bicyclic) bond motifs is 2. The van der Waals surface area contributed by atoms with Crippen molar-refractivity contribution in [3.63, 3.8) is 0 Å². The van der Waals surface area contributed by atoms with Crippen LogP contribution in [-0.4, -0.2) is 105 Å². The molecule has 1 aromatic rings. The predicted octanol–water partition coefficient (Wildman–Crippen LogP) is 0.686. The second-order valence-corrected chi connectivity index (χ2v) is 13.2. The van der Waals surface area contributed by atoms with E-state index in [9.17, 15) is 24.3 Å². The molecule has 11 nitrogen and oxygen atoms in total. The van der Waals surface area contributed by atoms with E-state index in [0.717, 1.165) is 4.46 Å². The Labute approximate surface area is 243 Å². The van der Waals surface area contributed by atoms with Crippen molar-refractivity contribution in [1.29, 1.82) is 0 Å². The maximum atomic E-state index is 12.2. The summed E-state index contributed by atoms with van der Waals surface area (Å²) in [4.78, 5) is 47.8. The van der Waals surface area contributed by atoms with Crippen molar-refractivity contribution in [2.45, 2.75) is 93.1 Å². The third kappa shape index (κ3) is 6.98. The number of aliphatic hydroxyl groups is 1. The molecule has 0 spiro atoms. The molecule has 0 unspecified atom stereocenters. The quantitative estimate of drug-likeness (QED) is 0.175. The van der Waals surface area contributed by atoms with Gasteiger partial charge in [-0.2, -0.15) is 0 Å². The van der Waals surface area contributed by atoms with Crippen LogP contribution in [0.2, 0.25) is 4.82 Å². The van der Waals surface area contributed by atoms with Gasteiger partial charge in [-0.15, -0.1) is 0 Å². The summed E-state index contributed by atoms with van der Waals surface area (Å²) >= 11 is 6.69. The Kier molecular flexibility index (Phi) is 10.1. The number of rotatable bonds is 9. The van der Waals surface area contributed by atoms with Gasteiger partial charge in [0, 0.05) is 0 Å². The van der Waals surface area contributed by atoms with E-state index in [1.807, 2.05) is 30.3 Å². The molecule has 11 atom stereocenters. The second-order valence-electron chi connectivity index (χ2n) is 10.0. The molecule has 13 heteroatoms. The molecular formula is C27H33ClO11Se. The molecule has 3 fully saturated rings. The van der Waals surface area contributed by atoms with Crippen molar-refractivity contribution in [2.75, 3.05) is 6.61 Å². The normalized spacial score (nSPS) is 36.5. The molecule has 220 valence electrons. The number of carbonyl (C=O) groups is 4. The van der Waals surface area contributed by atoms with Crippen LogP contribution < -0.4 is 4.46 Å². The molecule has 2 bridgehead atoms. The fourth-order valence-corrected chi connectivity index (χ4v) is 8.97. The Hall–Kier alpha value is -2.21. The summed E-state index contributed by atoms with van der Waals surface area (Å²) in [5.74, 6) is -3.12. The van der Waals surface area contributed by atoms with Gasteiger partial charge in [-0.25, -0.2) is 0 Å². The molecule has 3 aliphatic heterocycles. The van der Waals surface area contributed by atoms with Crippen LogP contribution in [0.25, 0.3) is 0 Å². The Morgan fingerprint density at radius 3 is 1.95 bits per heavy atom. The van der Waals surface area contributed by atoms with Crippen LogP contribution in [0.15, 0.2) is 30.3 Å². The first-order valence-electron chi connectivity index (χ1n) is 13.0. The van der Waals surface area contributed by atoms with Crippen molar-refractivity contribution in [2.24, 2.45) is 5.92 Å². The van der Waals surface area contributed by atoms with E-state index in [1.54, 1.807) is 0 Å². The number of hydrogen-bond acceptors (Lipinski definition) is 11. The first-order chi connectivity index (χ1) is 19.0. The van der Waals surface area contributed by atoms with Gasteiger partial charge < -0.3 is 0 Å².